The summed E-state index contributed by atoms with van der Waals surface area (Å²) in [6.07, 6.45) is 2.46. The summed E-state index contributed by atoms with van der Waals surface area (Å²) in [5.41, 5.74) is 2.92. The van der Waals surface area contributed by atoms with E-state index in [4.69, 9.17) is 14.2 Å². The molecule has 3 rings (SSSR count). The third-order valence-corrected chi connectivity index (χ3v) is 6.32. The maximum absolute atomic E-state index is 12.8. The summed E-state index contributed by atoms with van der Waals surface area (Å²) in [6.45, 7) is 3.47. The Kier molecular flexibility index (Phi) is 9.85. The van der Waals surface area contributed by atoms with Crippen molar-refractivity contribution in [2.24, 2.45) is 5.10 Å². The molecule has 202 valence electrons. The first-order valence-corrected chi connectivity index (χ1v) is 12.2. The van der Waals surface area contributed by atoms with Crippen LogP contribution in [0.15, 0.2) is 50.9 Å². The number of carbonyl (C=O) groups excluding carboxylic acids is 1. The van der Waals surface area contributed by atoms with Gasteiger partial charge in [0.15, 0.2) is 11.5 Å². The van der Waals surface area contributed by atoms with Gasteiger partial charge in [-0.3, -0.25) is 19.7 Å². The van der Waals surface area contributed by atoms with Gasteiger partial charge in [-0.05, 0) is 53.5 Å². The quantitative estimate of drug-likeness (QED) is 0.197. The lowest BCUT2D eigenvalue weighted by atomic mass is 10.1. The van der Waals surface area contributed by atoms with Crippen LogP contribution in [0.25, 0.3) is 0 Å². The highest BCUT2D eigenvalue weighted by atomic mass is 79.9. The van der Waals surface area contributed by atoms with Crippen LogP contribution in [0.5, 0.6) is 17.4 Å². The summed E-state index contributed by atoms with van der Waals surface area (Å²) in [7, 11) is 1.45. The van der Waals surface area contributed by atoms with Crippen LogP contribution in [0.1, 0.15) is 29.3 Å². The minimum Gasteiger partial charge on any atom is -0.490 e. The molecular formula is C25H23BrN6O7. The molecule has 3 aromatic rings. The van der Waals surface area contributed by atoms with Gasteiger partial charge in [-0.15, -0.1) is 0 Å². The lowest BCUT2D eigenvalue weighted by Gasteiger charge is -2.15. The van der Waals surface area contributed by atoms with E-state index in [0.29, 0.717) is 39.4 Å². The highest BCUT2D eigenvalue weighted by molar-refractivity contribution is 9.10. The molecule has 0 spiro atoms. The molecule has 0 fully saturated rings. The molecule has 0 aliphatic rings. The smallest absolute Gasteiger partial charge is 0.287 e. The first kappa shape index (κ1) is 29.0. The SMILES string of the molecule is CCOc1cc(/C=N\NC(=O)Cn2c(C)c(Br)c(COC)c(C#N)c2=O)ccc1Oc1ccc([N+](=O)[O-])cn1. The van der Waals surface area contributed by atoms with Crippen LogP contribution < -0.4 is 20.5 Å². The number of nitro groups is 1. The van der Waals surface area contributed by atoms with Gasteiger partial charge in [0.2, 0.25) is 5.88 Å². The molecule has 0 radical (unpaired) electrons. The van der Waals surface area contributed by atoms with E-state index in [1.54, 1.807) is 32.0 Å². The number of halogens is 1. The van der Waals surface area contributed by atoms with E-state index >= 15 is 0 Å². The zero-order valence-electron chi connectivity index (χ0n) is 21.1. The average Bonchev–Trinajstić information content (AvgIpc) is 2.92. The monoisotopic (exact) mass is 598 g/mol. The number of nitrogens with one attached hydrogen (secondary N) is 1. The van der Waals surface area contributed by atoms with E-state index in [-0.39, 0.29) is 30.3 Å². The van der Waals surface area contributed by atoms with E-state index in [1.165, 1.54) is 30.0 Å². The Morgan fingerprint density at radius 2 is 2.10 bits per heavy atom. The van der Waals surface area contributed by atoms with E-state index in [1.807, 2.05) is 6.07 Å². The van der Waals surface area contributed by atoms with Gasteiger partial charge in [-0.1, -0.05) is 0 Å². The Balaban J connectivity index is 1.73. The minimum atomic E-state index is -0.608. The normalized spacial score (nSPS) is 10.7. The molecule has 0 unspecified atom stereocenters. The molecule has 0 aliphatic carbocycles. The Hall–Kier alpha value is -4.61. The minimum absolute atomic E-state index is 0.0643. The van der Waals surface area contributed by atoms with Crippen molar-refractivity contribution in [3.05, 3.63) is 83.9 Å². The number of aromatic nitrogens is 2. The number of rotatable bonds is 11. The van der Waals surface area contributed by atoms with Gasteiger partial charge < -0.3 is 18.8 Å². The Morgan fingerprint density at radius 3 is 2.72 bits per heavy atom. The number of hydrogen-bond acceptors (Lipinski definition) is 10. The van der Waals surface area contributed by atoms with Crippen molar-refractivity contribution in [1.82, 2.24) is 15.0 Å². The molecular weight excluding hydrogens is 576 g/mol. The van der Waals surface area contributed by atoms with E-state index in [2.05, 4.69) is 31.4 Å². The number of nitriles is 1. The number of amides is 1. The molecule has 13 nitrogen and oxygen atoms in total. The van der Waals surface area contributed by atoms with Gasteiger partial charge in [0.05, 0.1) is 24.4 Å². The van der Waals surface area contributed by atoms with Crippen molar-refractivity contribution in [2.45, 2.75) is 27.0 Å². The van der Waals surface area contributed by atoms with Crippen molar-refractivity contribution in [2.75, 3.05) is 13.7 Å². The zero-order valence-corrected chi connectivity index (χ0v) is 22.7. The predicted molar refractivity (Wildman–Crippen MR) is 143 cm³/mol. The van der Waals surface area contributed by atoms with Crippen molar-refractivity contribution in [1.29, 1.82) is 5.26 Å². The lowest BCUT2D eigenvalue weighted by Crippen LogP contribution is -2.33. The molecule has 1 amide bonds. The predicted octanol–water partition coefficient (Wildman–Crippen LogP) is 3.58. The summed E-state index contributed by atoms with van der Waals surface area (Å²) in [4.78, 5) is 39.5. The molecule has 2 heterocycles. The number of hydrazone groups is 1. The largest absolute Gasteiger partial charge is 0.490 e. The maximum atomic E-state index is 12.8. The molecule has 0 saturated heterocycles. The topological polar surface area (TPSA) is 171 Å². The highest BCUT2D eigenvalue weighted by Crippen LogP contribution is 2.32. The number of carbonyl (C=O) groups is 1. The summed E-state index contributed by atoms with van der Waals surface area (Å²) in [6, 6.07) is 9.40. The lowest BCUT2D eigenvalue weighted by molar-refractivity contribution is -0.385. The summed E-state index contributed by atoms with van der Waals surface area (Å²) in [5.74, 6) is 0.244. The Bertz CT molecular complexity index is 1510. The van der Waals surface area contributed by atoms with Gasteiger partial charge in [-0.2, -0.15) is 10.4 Å². The van der Waals surface area contributed by atoms with Crippen LogP contribution in [-0.2, 0) is 22.7 Å². The van der Waals surface area contributed by atoms with Crippen LogP contribution in [0.4, 0.5) is 5.69 Å². The van der Waals surface area contributed by atoms with Crippen LogP contribution in [0.3, 0.4) is 0 Å². The fraction of sp³-hybridized carbons (Fsp3) is 0.240. The van der Waals surface area contributed by atoms with Crippen molar-refractivity contribution in [3.8, 4) is 23.4 Å². The van der Waals surface area contributed by atoms with Gasteiger partial charge in [0, 0.05) is 35.0 Å². The molecule has 14 heteroatoms. The molecule has 0 aliphatic heterocycles. The highest BCUT2D eigenvalue weighted by Gasteiger charge is 2.19. The van der Waals surface area contributed by atoms with Crippen LogP contribution >= 0.6 is 15.9 Å². The Labute approximate surface area is 230 Å². The first-order valence-electron chi connectivity index (χ1n) is 11.4. The van der Waals surface area contributed by atoms with Gasteiger partial charge in [0.1, 0.15) is 24.4 Å². The van der Waals surface area contributed by atoms with Crippen molar-refractivity contribution < 1.29 is 23.9 Å². The first-order chi connectivity index (χ1) is 18.7. The van der Waals surface area contributed by atoms with Crippen LogP contribution in [0, 0.1) is 28.4 Å². The molecule has 39 heavy (non-hydrogen) atoms. The van der Waals surface area contributed by atoms with Crippen molar-refractivity contribution >= 4 is 33.7 Å². The fourth-order valence-corrected chi connectivity index (χ4v) is 3.94. The second kappa shape index (κ2) is 13.3. The summed E-state index contributed by atoms with van der Waals surface area (Å²) in [5, 5.41) is 24.2. The van der Waals surface area contributed by atoms with E-state index < -0.39 is 16.4 Å². The number of ether oxygens (including phenoxy) is 3. The molecule has 1 N–H and O–H groups in total. The number of methoxy groups -OCH3 is 1. The molecule has 0 bridgehead atoms. The van der Waals surface area contributed by atoms with Crippen molar-refractivity contribution in [3.63, 3.8) is 0 Å². The van der Waals surface area contributed by atoms with E-state index in [0.717, 1.165) is 6.20 Å². The van der Waals surface area contributed by atoms with E-state index in [9.17, 15) is 25.0 Å². The van der Waals surface area contributed by atoms with Gasteiger partial charge in [-0.25, -0.2) is 10.4 Å². The molecule has 1 aromatic carbocycles. The molecule has 0 atom stereocenters. The zero-order chi connectivity index (χ0) is 28.5. The van der Waals surface area contributed by atoms with Gasteiger partial charge in [0.25, 0.3) is 17.2 Å². The average molecular weight is 599 g/mol. The molecule has 2 aromatic heterocycles. The third-order valence-electron chi connectivity index (χ3n) is 5.27. The second-order valence-corrected chi connectivity index (χ2v) is 8.63. The maximum Gasteiger partial charge on any atom is 0.287 e. The summed E-state index contributed by atoms with van der Waals surface area (Å²) >= 11 is 3.38. The van der Waals surface area contributed by atoms with Gasteiger partial charge >= 0.3 is 0 Å². The Morgan fingerprint density at radius 1 is 1.33 bits per heavy atom. The van der Waals surface area contributed by atoms with Crippen LogP contribution in [0.2, 0.25) is 0 Å². The standard InChI is InChI=1S/C25H23BrN6O7/c1-4-38-21-9-16(5-7-20(21)39-23-8-6-17(12-28-23)32(35)36)11-29-30-22(33)13-31-15(2)24(26)19(14-37-3)18(10-27)25(31)34/h5-9,11-12H,4,13-14H2,1-3H3,(H,30,33)/b29-11-. The number of nitrogens with zero attached hydrogens (tertiary/aromatic N) is 5. The molecule has 0 saturated carbocycles. The fourth-order valence-electron chi connectivity index (χ4n) is 3.42. The third kappa shape index (κ3) is 7.03. The number of hydrogen-bond donors (Lipinski definition) is 1. The number of pyridine rings is 2. The number of benzene rings is 1. The summed E-state index contributed by atoms with van der Waals surface area (Å²) < 4.78 is 18.1. The van der Waals surface area contributed by atoms with Crippen LogP contribution in [-0.4, -0.2) is 40.3 Å². The second-order valence-electron chi connectivity index (χ2n) is 7.84.